The molecule has 0 N–H and O–H groups in total. The third-order valence-electron chi connectivity index (χ3n) is 2.73. The maximum Gasteiger partial charge on any atom is 0.243 e. The molecule has 0 fully saturated rings. The molecular weight excluding hydrogens is 361 g/mol. The molecule has 1 aromatic rings. The molecular formula is C11H14BrCl2NO2S. The lowest BCUT2D eigenvalue weighted by molar-refractivity contribution is 0.299. The molecule has 0 aliphatic carbocycles. The summed E-state index contributed by atoms with van der Waals surface area (Å²) < 4.78 is 26.1. The second-order valence-electron chi connectivity index (χ2n) is 4.49. The third-order valence-corrected chi connectivity index (χ3v) is 6.91. The zero-order chi connectivity index (χ0) is 14.1. The molecule has 0 unspecified atom stereocenters. The van der Waals surface area contributed by atoms with Gasteiger partial charge in [-0.1, -0.05) is 39.1 Å². The standard InChI is InChI=1S/C11H14BrCl2NO2S/c1-11(2,7-12)15(3)18(16,17)8-4-5-9(13)10(14)6-8/h4-6H,7H2,1-3H3. The molecule has 0 saturated heterocycles. The van der Waals surface area contributed by atoms with E-state index in [1.807, 2.05) is 13.8 Å². The zero-order valence-electron chi connectivity index (χ0n) is 10.2. The summed E-state index contributed by atoms with van der Waals surface area (Å²) in [5.74, 6) is 0. The molecule has 0 spiro atoms. The molecule has 18 heavy (non-hydrogen) atoms. The second kappa shape index (κ2) is 5.67. The molecule has 1 rings (SSSR count). The van der Waals surface area contributed by atoms with E-state index in [1.165, 1.54) is 22.5 Å². The van der Waals surface area contributed by atoms with Gasteiger partial charge >= 0.3 is 0 Å². The Hall–Kier alpha value is 0.190. The fraction of sp³-hybridized carbons (Fsp3) is 0.455. The first-order valence-electron chi connectivity index (χ1n) is 5.13. The summed E-state index contributed by atoms with van der Waals surface area (Å²) in [5, 5.41) is 1.08. The van der Waals surface area contributed by atoms with Crippen molar-refractivity contribution in [3.63, 3.8) is 0 Å². The predicted octanol–water partition coefficient (Wildman–Crippen LogP) is 3.79. The number of nitrogens with zero attached hydrogens (tertiary/aromatic N) is 1. The molecule has 0 radical (unpaired) electrons. The molecule has 3 nitrogen and oxygen atoms in total. The quantitative estimate of drug-likeness (QED) is 0.752. The molecule has 1 aromatic carbocycles. The third kappa shape index (κ3) is 3.20. The minimum absolute atomic E-state index is 0.133. The van der Waals surface area contributed by atoms with E-state index in [0.29, 0.717) is 10.4 Å². The normalized spacial score (nSPS) is 13.1. The molecule has 102 valence electrons. The average Bonchev–Trinajstić information content (AvgIpc) is 2.31. The number of halogens is 3. The van der Waals surface area contributed by atoms with Gasteiger partial charge in [0.15, 0.2) is 0 Å². The number of sulfonamides is 1. The van der Waals surface area contributed by atoms with Crippen LogP contribution in [0.3, 0.4) is 0 Å². The molecule has 0 atom stereocenters. The Morgan fingerprint density at radius 1 is 1.28 bits per heavy atom. The van der Waals surface area contributed by atoms with Gasteiger partial charge in [0.25, 0.3) is 0 Å². The van der Waals surface area contributed by atoms with E-state index < -0.39 is 15.6 Å². The van der Waals surface area contributed by atoms with Gasteiger partial charge in [-0.25, -0.2) is 8.42 Å². The Morgan fingerprint density at radius 2 is 1.83 bits per heavy atom. The largest absolute Gasteiger partial charge is 0.243 e. The van der Waals surface area contributed by atoms with Crippen molar-refractivity contribution in [2.75, 3.05) is 12.4 Å². The molecule has 7 heteroatoms. The highest BCUT2D eigenvalue weighted by molar-refractivity contribution is 9.09. The van der Waals surface area contributed by atoms with Crippen molar-refractivity contribution in [1.29, 1.82) is 0 Å². The molecule has 0 saturated carbocycles. The van der Waals surface area contributed by atoms with Crippen LogP contribution in [0.4, 0.5) is 0 Å². The van der Waals surface area contributed by atoms with Gasteiger partial charge < -0.3 is 0 Å². The van der Waals surface area contributed by atoms with Crippen LogP contribution in [-0.2, 0) is 10.0 Å². The van der Waals surface area contributed by atoms with Gasteiger partial charge in [-0.05, 0) is 32.0 Å². The van der Waals surface area contributed by atoms with Gasteiger partial charge in [0.05, 0.1) is 14.9 Å². The first kappa shape index (κ1) is 16.2. The topological polar surface area (TPSA) is 37.4 Å². The summed E-state index contributed by atoms with van der Waals surface area (Å²) in [5.41, 5.74) is -0.537. The van der Waals surface area contributed by atoms with Crippen molar-refractivity contribution in [1.82, 2.24) is 4.31 Å². The monoisotopic (exact) mass is 373 g/mol. The second-order valence-corrected chi connectivity index (χ2v) is 7.84. The SMILES string of the molecule is CN(C(C)(C)CBr)S(=O)(=O)c1ccc(Cl)c(Cl)c1. The lowest BCUT2D eigenvalue weighted by Crippen LogP contribution is -2.46. The molecule has 0 aromatic heterocycles. The molecule has 0 bridgehead atoms. The molecule has 0 amide bonds. The lowest BCUT2D eigenvalue weighted by atomic mass is 10.1. The van der Waals surface area contributed by atoms with Crippen molar-refractivity contribution < 1.29 is 8.42 Å². The first-order valence-corrected chi connectivity index (χ1v) is 8.45. The fourth-order valence-electron chi connectivity index (χ4n) is 1.20. The average molecular weight is 375 g/mol. The number of hydrogen-bond donors (Lipinski definition) is 0. The van der Waals surface area contributed by atoms with Crippen LogP contribution < -0.4 is 0 Å². The number of rotatable bonds is 4. The van der Waals surface area contributed by atoms with Crippen LogP contribution in [0.15, 0.2) is 23.1 Å². The van der Waals surface area contributed by atoms with Crippen LogP contribution in [0.1, 0.15) is 13.8 Å². The van der Waals surface area contributed by atoms with Gasteiger partial charge in [-0.2, -0.15) is 4.31 Å². The van der Waals surface area contributed by atoms with Crippen molar-refractivity contribution in [3.8, 4) is 0 Å². The summed E-state index contributed by atoms with van der Waals surface area (Å²) in [4.78, 5) is 0.133. The van der Waals surface area contributed by atoms with E-state index in [2.05, 4.69) is 15.9 Å². The van der Waals surface area contributed by atoms with Gasteiger partial charge in [-0.3, -0.25) is 0 Å². The van der Waals surface area contributed by atoms with Gasteiger partial charge in [0.2, 0.25) is 10.0 Å². The van der Waals surface area contributed by atoms with E-state index in [0.717, 1.165) is 0 Å². The summed E-state index contributed by atoms with van der Waals surface area (Å²) in [7, 11) is -2.05. The predicted molar refractivity (Wildman–Crippen MR) is 79.3 cm³/mol. The highest BCUT2D eigenvalue weighted by Gasteiger charge is 2.33. The highest BCUT2D eigenvalue weighted by Crippen LogP contribution is 2.29. The first-order chi connectivity index (χ1) is 8.13. The van der Waals surface area contributed by atoms with E-state index in [4.69, 9.17) is 23.2 Å². The van der Waals surface area contributed by atoms with Crippen LogP contribution in [0.25, 0.3) is 0 Å². The van der Waals surface area contributed by atoms with Gasteiger partial charge in [0, 0.05) is 17.9 Å². The minimum Gasteiger partial charge on any atom is -0.207 e. The summed E-state index contributed by atoms with van der Waals surface area (Å²) in [6.45, 7) is 3.66. The van der Waals surface area contributed by atoms with Crippen LogP contribution in [-0.4, -0.2) is 30.6 Å². The van der Waals surface area contributed by atoms with E-state index in [1.54, 1.807) is 7.05 Å². The van der Waals surface area contributed by atoms with Crippen molar-refractivity contribution in [3.05, 3.63) is 28.2 Å². The molecule has 0 aliphatic heterocycles. The van der Waals surface area contributed by atoms with E-state index in [-0.39, 0.29) is 9.92 Å². The maximum absolute atomic E-state index is 12.4. The Kier molecular flexibility index (Phi) is 5.12. The van der Waals surface area contributed by atoms with E-state index in [9.17, 15) is 8.42 Å². The van der Waals surface area contributed by atoms with Crippen LogP contribution >= 0.6 is 39.1 Å². The maximum atomic E-state index is 12.4. The summed E-state index contributed by atoms with van der Waals surface area (Å²) in [6.07, 6.45) is 0. The Bertz CT molecular complexity index is 546. The van der Waals surface area contributed by atoms with Crippen LogP contribution in [0, 0.1) is 0 Å². The van der Waals surface area contributed by atoms with Crippen LogP contribution in [0.5, 0.6) is 0 Å². The zero-order valence-corrected chi connectivity index (χ0v) is 14.2. The van der Waals surface area contributed by atoms with E-state index >= 15 is 0 Å². The summed E-state index contributed by atoms with van der Waals surface area (Å²) >= 11 is 14.9. The van der Waals surface area contributed by atoms with Crippen LogP contribution in [0.2, 0.25) is 10.0 Å². The van der Waals surface area contributed by atoms with Crippen molar-refractivity contribution in [2.24, 2.45) is 0 Å². The van der Waals surface area contributed by atoms with Gasteiger partial charge in [-0.15, -0.1) is 0 Å². The summed E-state index contributed by atoms with van der Waals surface area (Å²) in [6, 6.07) is 4.29. The Balaban J connectivity index is 3.26. The Labute approximate surface area is 126 Å². The smallest absolute Gasteiger partial charge is 0.207 e. The minimum atomic E-state index is -3.59. The molecule has 0 heterocycles. The fourth-order valence-corrected chi connectivity index (χ4v) is 3.65. The number of benzene rings is 1. The van der Waals surface area contributed by atoms with Crippen molar-refractivity contribution >= 4 is 49.2 Å². The van der Waals surface area contributed by atoms with Crippen molar-refractivity contribution in [2.45, 2.75) is 24.3 Å². The highest BCUT2D eigenvalue weighted by atomic mass is 79.9. The van der Waals surface area contributed by atoms with Gasteiger partial charge in [0.1, 0.15) is 0 Å². The number of hydrogen-bond acceptors (Lipinski definition) is 2. The Morgan fingerprint density at radius 3 is 2.28 bits per heavy atom. The molecule has 0 aliphatic rings. The number of alkyl halides is 1. The lowest BCUT2D eigenvalue weighted by Gasteiger charge is -2.33.